The minimum absolute atomic E-state index is 0. The zero-order chi connectivity index (χ0) is 29.4. The Bertz CT molecular complexity index is 2060. The summed E-state index contributed by atoms with van der Waals surface area (Å²) in [5, 5.41) is 3.83. The Balaban J connectivity index is 0.00000221. The van der Waals surface area contributed by atoms with E-state index in [9.17, 15) is 14.4 Å². The van der Waals surface area contributed by atoms with Gasteiger partial charge in [-0.3, -0.25) is 14.1 Å². The molecule has 1 N–H and O–H groups in total. The third kappa shape index (κ3) is 6.08. The molecule has 0 unspecified atom stereocenters. The average molecular weight is 609 g/mol. The topological polar surface area (TPSA) is 156 Å². The minimum Gasteiger partial charge on any atom is -1.00 e. The van der Waals surface area contributed by atoms with Crippen molar-refractivity contribution in [2.24, 2.45) is 0 Å². The third-order valence-corrected chi connectivity index (χ3v) is 6.67. The molecule has 12 nitrogen and oxygen atoms in total. The Morgan fingerprint density at radius 3 is 2.40 bits per heavy atom. The predicted molar refractivity (Wildman–Crippen MR) is 151 cm³/mol. The van der Waals surface area contributed by atoms with Crippen molar-refractivity contribution >= 4 is 17.0 Å². The monoisotopic (exact) mass is 608 g/mol. The van der Waals surface area contributed by atoms with Crippen LogP contribution >= 0.6 is 0 Å². The van der Waals surface area contributed by atoms with Gasteiger partial charge in [0.1, 0.15) is 0 Å². The molecule has 0 fully saturated rings. The number of nitrogens with one attached hydrogen (secondary N) is 1. The first-order chi connectivity index (χ1) is 20.3. The second-order valence-electron chi connectivity index (χ2n) is 9.41. The standard InChI is InChI=1S/C30H24N4O8.K.H/c1-4-38-28-31-23-16(2)9-14-22(26(35)40-27-17(3)39-30(37)41-27)24(23)34(28)15-18-10-12-19(13-11-18)20-7-5-6-8-21(20)25-32-29(36)42-33-25;;/h5-14H,4,15H2,1-3H3,(H,32,33,36);;/q;+1;-1. The quantitative estimate of drug-likeness (QED) is 0.200. The summed E-state index contributed by atoms with van der Waals surface area (Å²) in [5.74, 6) is -2.25. The van der Waals surface area contributed by atoms with Crippen molar-refractivity contribution < 1.29 is 80.4 Å². The van der Waals surface area contributed by atoms with Crippen molar-refractivity contribution in [3.63, 3.8) is 0 Å². The molecule has 6 aromatic rings. The first-order valence-electron chi connectivity index (χ1n) is 13.0. The van der Waals surface area contributed by atoms with E-state index in [2.05, 4.69) is 15.1 Å². The third-order valence-electron chi connectivity index (χ3n) is 6.67. The summed E-state index contributed by atoms with van der Waals surface area (Å²) in [6.07, 6.45) is 0. The van der Waals surface area contributed by atoms with Crippen molar-refractivity contribution in [3.05, 3.63) is 104 Å². The van der Waals surface area contributed by atoms with Gasteiger partial charge in [-0.1, -0.05) is 59.8 Å². The second kappa shape index (κ2) is 12.7. The van der Waals surface area contributed by atoms with Crippen LogP contribution in [0.3, 0.4) is 0 Å². The SMILES string of the molecule is CCOc1nc2c(C)ccc(C(=O)Oc3oc(=O)oc3C)c2n1Cc1ccc(-c2ccccc2-c2noc(=O)[nH]2)cc1.[H-].[K+]. The molecular weight excluding hydrogens is 583 g/mol. The molecule has 6 rings (SSSR count). The van der Waals surface area contributed by atoms with Crippen LogP contribution in [-0.2, 0) is 6.54 Å². The van der Waals surface area contributed by atoms with Gasteiger partial charge in [-0.15, -0.1) is 0 Å². The number of imidazole rings is 1. The van der Waals surface area contributed by atoms with Gasteiger partial charge in [0.2, 0.25) is 0 Å². The van der Waals surface area contributed by atoms with Crippen molar-refractivity contribution in [3.8, 4) is 34.5 Å². The number of benzene rings is 3. The molecule has 13 heteroatoms. The van der Waals surface area contributed by atoms with Gasteiger partial charge in [-0.2, -0.15) is 4.98 Å². The number of carbonyl (C=O) groups excluding carboxylic acids is 1. The molecule has 3 aromatic carbocycles. The molecule has 0 aliphatic carbocycles. The molecule has 0 saturated carbocycles. The van der Waals surface area contributed by atoms with Gasteiger partial charge in [-0.25, -0.2) is 14.4 Å². The fourth-order valence-electron chi connectivity index (χ4n) is 4.72. The van der Waals surface area contributed by atoms with Crippen molar-refractivity contribution in [2.45, 2.75) is 27.3 Å². The molecule has 0 bridgehead atoms. The van der Waals surface area contributed by atoms with E-state index in [1.165, 1.54) is 6.92 Å². The summed E-state index contributed by atoms with van der Waals surface area (Å²) in [4.78, 5) is 43.5. The smallest absolute Gasteiger partial charge is 1.00 e. The number of hydrogen-bond donors (Lipinski definition) is 1. The number of ether oxygens (including phenoxy) is 2. The number of carbonyl (C=O) groups is 1. The van der Waals surface area contributed by atoms with E-state index in [1.807, 2.05) is 66.9 Å². The molecule has 214 valence electrons. The molecule has 0 atom stereocenters. The Labute approximate surface area is 287 Å². The number of fused-ring (bicyclic) bond motifs is 1. The van der Waals surface area contributed by atoms with Crippen LogP contribution in [0.5, 0.6) is 12.0 Å². The van der Waals surface area contributed by atoms with Gasteiger partial charge in [0.05, 0.1) is 29.7 Å². The molecule has 0 radical (unpaired) electrons. The van der Waals surface area contributed by atoms with E-state index >= 15 is 0 Å². The zero-order valence-corrected chi connectivity index (χ0v) is 26.9. The summed E-state index contributed by atoms with van der Waals surface area (Å²) < 4.78 is 27.4. The van der Waals surface area contributed by atoms with Crippen LogP contribution < -0.4 is 72.4 Å². The average Bonchev–Trinajstić information content (AvgIpc) is 3.66. The first-order valence-corrected chi connectivity index (χ1v) is 13.0. The van der Waals surface area contributed by atoms with Crippen molar-refractivity contribution in [1.29, 1.82) is 0 Å². The van der Waals surface area contributed by atoms with Crippen molar-refractivity contribution in [2.75, 3.05) is 6.61 Å². The predicted octanol–water partition coefficient (Wildman–Crippen LogP) is 1.99. The molecular formula is C30H25KN4O8. The van der Waals surface area contributed by atoms with Gasteiger partial charge in [-0.05, 0) is 42.2 Å². The summed E-state index contributed by atoms with van der Waals surface area (Å²) in [5.41, 5.74) is 5.52. The van der Waals surface area contributed by atoms with Gasteiger partial charge in [0.25, 0.3) is 6.01 Å². The molecule has 0 saturated heterocycles. The van der Waals surface area contributed by atoms with Crippen LogP contribution in [0.25, 0.3) is 33.5 Å². The number of aryl methyl sites for hydroxylation is 2. The summed E-state index contributed by atoms with van der Waals surface area (Å²) in [7, 11) is 0. The summed E-state index contributed by atoms with van der Waals surface area (Å²) in [6.45, 7) is 5.89. The zero-order valence-electron chi connectivity index (χ0n) is 24.8. The van der Waals surface area contributed by atoms with Crippen LogP contribution in [0.15, 0.2) is 83.6 Å². The van der Waals surface area contributed by atoms with E-state index in [0.29, 0.717) is 36.0 Å². The Hall–Kier alpha value is -4.01. The molecule has 3 heterocycles. The van der Waals surface area contributed by atoms with E-state index in [4.69, 9.17) is 22.8 Å². The Morgan fingerprint density at radius 1 is 1.00 bits per heavy atom. The van der Waals surface area contributed by atoms with Gasteiger partial charge in [0.15, 0.2) is 11.6 Å². The Morgan fingerprint density at radius 2 is 1.74 bits per heavy atom. The molecule has 0 aliphatic heterocycles. The Kier molecular flexibility index (Phi) is 8.99. The normalized spacial score (nSPS) is 11.0. The summed E-state index contributed by atoms with van der Waals surface area (Å²) in [6, 6.07) is 19.1. The van der Waals surface area contributed by atoms with Crippen LogP contribution in [-0.4, -0.2) is 32.3 Å². The number of esters is 1. The van der Waals surface area contributed by atoms with E-state index < -0.39 is 17.5 Å². The number of hydrogen-bond acceptors (Lipinski definition) is 10. The van der Waals surface area contributed by atoms with Gasteiger partial charge in [0, 0.05) is 12.5 Å². The molecule has 43 heavy (non-hydrogen) atoms. The maximum Gasteiger partial charge on any atom is 1.00 e. The number of nitrogens with zero attached hydrogens (tertiary/aromatic N) is 3. The van der Waals surface area contributed by atoms with Crippen LogP contribution in [0.1, 0.15) is 35.6 Å². The van der Waals surface area contributed by atoms with E-state index in [1.54, 1.807) is 12.1 Å². The van der Waals surface area contributed by atoms with E-state index in [-0.39, 0.29) is 70.1 Å². The fourth-order valence-corrected chi connectivity index (χ4v) is 4.72. The number of rotatable bonds is 8. The maximum absolute atomic E-state index is 13.3. The molecule has 3 aromatic heterocycles. The minimum atomic E-state index is -0.964. The van der Waals surface area contributed by atoms with Gasteiger partial charge < -0.3 is 19.7 Å². The van der Waals surface area contributed by atoms with E-state index in [0.717, 1.165) is 27.8 Å². The van der Waals surface area contributed by atoms with Crippen LogP contribution in [0.2, 0.25) is 0 Å². The molecule has 0 aliphatic rings. The number of H-pyrrole nitrogens is 1. The second-order valence-corrected chi connectivity index (χ2v) is 9.41. The van der Waals surface area contributed by atoms with Crippen LogP contribution in [0.4, 0.5) is 0 Å². The fraction of sp³-hybridized carbons (Fsp3) is 0.167. The molecule has 0 amide bonds. The van der Waals surface area contributed by atoms with Gasteiger partial charge >= 0.3 is 74.9 Å². The summed E-state index contributed by atoms with van der Waals surface area (Å²) >= 11 is 0. The first kappa shape index (κ1) is 30.4. The van der Waals surface area contributed by atoms with Crippen LogP contribution in [0, 0.1) is 13.8 Å². The van der Waals surface area contributed by atoms with Crippen molar-refractivity contribution in [1.82, 2.24) is 19.7 Å². The maximum atomic E-state index is 13.3. The molecule has 0 spiro atoms. The number of aromatic nitrogens is 4. The number of aromatic amines is 1. The largest absolute Gasteiger partial charge is 1.00 e.